The molecule has 0 aromatic heterocycles. The lowest BCUT2D eigenvalue weighted by Gasteiger charge is -2.34. The molecule has 3 nitrogen and oxygen atoms in total. The summed E-state index contributed by atoms with van der Waals surface area (Å²) in [6, 6.07) is 2.73. The number of carbonyl (C=O) groups excluding carboxylic acids is 1. The molecular formula is C15H18BrFO3. The highest BCUT2D eigenvalue weighted by atomic mass is 79.9. The van der Waals surface area contributed by atoms with Gasteiger partial charge in [-0.2, -0.15) is 0 Å². The van der Waals surface area contributed by atoms with E-state index in [2.05, 4.69) is 15.9 Å². The molecule has 0 unspecified atom stereocenters. The van der Waals surface area contributed by atoms with Crippen LogP contribution in [0.15, 0.2) is 16.6 Å². The van der Waals surface area contributed by atoms with E-state index < -0.39 is 5.82 Å². The van der Waals surface area contributed by atoms with Gasteiger partial charge in [0.05, 0.1) is 23.2 Å². The van der Waals surface area contributed by atoms with Gasteiger partial charge in [-0.3, -0.25) is 4.79 Å². The minimum atomic E-state index is -0.432. The van der Waals surface area contributed by atoms with Gasteiger partial charge < -0.3 is 9.47 Å². The lowest BCUT2D eigenvalue weighted by molar-refractivity contribution is -0.0246. The van der Waals surface area contributed by atoms with E-state index in [1.807, 2.05) is 6.92 Å². The first-order valence-electron chi connectivity index (χ1n) is 6.73. The van der Waals surface area contributed by atoms with Gasteiger partial charge >= 0.3 is 0 Å². The average molecular weight is 345 g/mol. The molecule has 0 saturated heterocycles. The second kappa shape index (κ2) is 6.68. The van der Waals surface area contributed by atoms with Gasteiger partial charge in [0.15, 0.2) is 5.78 Å². The minimum Gasteiger partial charge on any atom is -0.496 e. The van der Waals surface area contributed by atoms with Crippen LogP contribution in [-0.2, 0) is 4.74 Å². The van der Waals surface area contributed by atoms with Gasteiger partial charge in [0, 0.05) is 19.1 Å². The number of halogens is 2. The second-order valence-corrected chi connectivity index (χ2v) is 5.86. The quantitative estimate of drug-likeness (QED) is 0.732. The first-order valence-corrected chi connectivity index (χ1v) is 7.52. The third kappa shape index (κ3) is 3.38. The van der Waals surface area contributed by atoms with Crippen molar-refractivity contribution in [2.24, 2.45) is 5.92 Å². The fourth-order valence-corrected chi connectivity index (χ4v) is 2.84. The van der Waals surface area contributed by atoms with Gasteiger partial charge in [0.25, 0.3) is 0 Å². The van der Waals surface area contributed by atoms with E-state index in [1.165, 1.54) is 19.2 Å². The van der Waals surface area contributed by atoms with Crippen molar-refractivity contribution in [2.45, 2.75) is 32.3 Å². The molecule has 0 aliphatic heterocycles. The highest BCUT2D eigenvalue weighted by Gasteiger charge is 2.32. The van der Waals surface area contributed by atoms with Crippen LogP contribution in [0.2, 0.25) is 0 Å². The van der Waals surface area contributed by atoms with E-state index in [0.717, 1.165) is 12.8 Å². The molecule has 0 N–H and O–H groups in total. The summed E-state index contributed by atoms with van der Waals surface area (Å²) in [5.41, 5.74) is 0.431. The number of ether oxygens (including phenoxy) is 2. The third-order valence-electron chi connectivity index (χ3n) is 3.61. The van der Waals surface area contributed by atoms with Crippen LogP contribution in [0.4, 0.5) is 4.39 Å². The van der Waals surface area contributed by atoms with Crippen LogP contribution in [0.1, 0.15) is 36.5 Å². The zero-order valence-electron chi connectivity index (χ0n) is 11.6. The average Bonchev–Trinajstić information content (AvgIpc) is 2.38. The summed E-state index contributed by atoms with van der Waals surface area (Å²) in [6.07, 6.45) is 2.59. The fourth-order valence-electron chi connectivity index (χ4n) is 2.50. The molecule has 1 aliphatic rings. The Bertz CT molecular complexity index is 498. The molecule has 0 bridgehead atoms. The van der Waals surface area contributed by atoms with Crippen LogP contribution in [0.3, 0.4) is 0 Å². The van der Waals surface area contributed by atoms with Gasteiger partial charge in [0.2, 0.25) is 0 Å². The normalized spacial score (nSPS) is 21.4. The van der Waals surface area contributed by atoms with Crippen molar-refractivity contribution < 1.29 is 18.7 Å². The summed E-state index contributed by atoms with van der Waals surface area (Å²) in [7, 11) is 1.44. The lowest BCUT2D eigenvalue weighted by atomic mass is 9.78. The number of carbonyl (C=O) groups is 1. The Hall–Kier alpha value is -0.940. The first kappa shape index (κ1) is 15.4. The van der Waals surface area contributed by atoms with E-state index in [4.69, 9.17) is 9.47 Å². The molecule has 1 aromatic rings. The van der Waals surface area contributed by atoms with E-state index in [-0.39, 0.29) is 16.0 Å². The highest BCUT2D eigenvalue weighted by Crippen LogP contribution is 2.35. The van der Waals surface area contributed by atoms with E-state index >= 15 is 0 Å². The minimum absolute atomic E-state index is 0.0116. The summed E-state index contributed by atoms with van der Waals surface area (Å²) in [6.45, 7) is 2.68. The SMILES string of the molecule is CCOC1CC(CC(=O)c2cc(Br)c(F)cc2OC)C1. The Morgan fingerprint density at radius 1 is 1.45 bits per heavy atom. The molecule has 110 valence electrons. The van der Waals surface area contributed by atoms with Crippen LogP contribution in [0.5, 0.6) is 5.75 Å². The second-order valence-electron chi connectivity index (χ2n) is 5.01. The van der Waals surface area contributed by atoms with E-state index in [9.17, 15) is 9.18 Å². The van der Waals surface area contributed by atoms with E-state index in [1.54, 1.807) is 0 Å². The molecule has 0 atom stereocenters. The molecule has 0 radical (unpaired) electrons. The molecule has 1 aromatic carbocycles. The van der Waals surface area contributed by atoms with Crippen molar-refractivity contribution in [3.8, 4) is 5.75 Å². The number of ketones is 1. The summed E-state index contributed by atoms with van der Waals surface area (Å²) in [5, 5.41) is 0. The maximum atomic E-state index is 13.4. The summed E-state index contributed by atoms with van der Waals surface area (Å²) < 4.78 is 24.3. The van der Waals surface area contributed by atoms with Gasteiger partial charge in [-0.1, -0.05) is 0 Å². The lowest BCUT2D eigenvalue weighted by Crippen LogP contribution is -2.32. The Balaban J connectivity index is 2.01. The summed E-state index contributed by atoms with van der Waals surface area (Å²) in [5.74, 6) is 0.199. The molecule has 2 rings (SSSR count). The Morgan fingerprint density at radius 2 is 2.15 bits per heavy atom. The maximum absolute atomic E-state index is 13.4. The van der Waals surface area contributed by atoms with Crippen LogP contribution >= 0.6 is 15.9 Å². The molecule has 20 heavy (non-hydrogen) atoms. The standard InChI is InChI=1S/C15H18BrFO3/c1-3-20-10-4-9(5-10)6-14(18)11-7-12(16)13(17)8-15(11)19-2/h7-10H,3-6H2,1-2H3. The van der Waals surface area contributed by atoms with Gasteiger partial charge in [-0.05, 0) is 47.7 Å². The highest BCUT2D eigenvalue weighted by molar-refractivity contribution is 9.10. The van der Waals surface area contributed by atoms with Gasteiger partial charge in [-0.15, -0.1) is 0 Å². The van der Waals surface area contributed by atoms with Crippen molar-refractivity contribution in [2.75, 3.05) is 13.7 Å². The van der Waals surface area contributed by atoms with Crippen LogP contribution in [0.25, 0.3) is 0 Å². The molecule has 1 aliphatic carbocycles. The van der Waals surface area contributed by atoms with Crippen molar-refractivity contribution in [1.82, 2.24) is 0 Å². The monoisotopic (exact) mass is 344 g/mol. The first-order chi connectivity index (χ1) is 9.55. The number of hydrogen-bond donors (Lipinski definition) is 0. The smallest absolute Gasteiger partial charge is 0.166 e. The summed E-state index contributed by atoms with van der Waals surface area (Å²) >= 11 is 3.10. The van der Waals surface area contributed by atoms with E-state index in [0.29, 0.717) is 30.6 Å². The molecular weight excluding hydrogens is 327 g/mol. The molecule has 5 heteroatoms. The zero-order chi connectivity index (χ0) is 14.7. The van der Waals surface area contributed by atoms with Crippen molar-refractivity contribution in [3.05, 3.63) is 28.0 Å². The predicted molar refractivity (Wildman–Crippen MR) is 77.7 cm³/mol. The maximum Gasteiger partial charge on any atom is 0.166 e. The number of benzene rings is 1. The molecule has 0 spiro atoms. The molecule has 1 saturated carbocycles. The Labute approximate surface area is 126 Å². The molecule has 1 fully saturated rings. The van der Waals surface area contributed by atoms with Crippen LogP contribution in [0, 0.1) is 11.7 Å². The van der Waals surface area contributed by atoms with Gasteiger partial charge in [0.1, 0.15) is 11.6 Å². The third-order valence-corrected chi connectivity index (χ3v) is 4.22. The zero-order valence-corrected chi connectivity index (χ0v) is 13.2. The van der Waals surface area contributed by atoms with Gasteiger partial charge in [-0.25, -0.2) is 4.39 Å². The Kier molecular flexibility index (Phi) is 5.16. The number of rotatable bonds is 6. The molecule has 0 amide bonds. The van der Waals surface area contributed by atoms with Crippen molar-refractivity contribution in [1.29, 1.82) is 0 Å². The number of Topliss-reactive ketones (excluding diaryl/α,β-unsaturated/α-hetero) is 1. The van der Waals surface area contributed by atoms with Crippen LogP contribution < -0.4 is 4.74 Å². The molecule has 0 heterocycles. The van der Waals surface area contributed by atoms with Crippen molar-refractivity contribution in [3.63, 3.8) is 0 Å². The fraction of sp³-hybridized carbons (Fsp3) is 0.533. The predicted octanol–water partition coefficient (Wildman–Crippen LogP) is 3.98. The topological polar surface area (TPSA) is 35.5 Å². The summed E-state index contributed by atoms with van der Waals surface area (Å²) in [4.78, 5) is 12.3. The van der Waals surface area contributed by atoms with Crippen LogP contribution in [-0.4, -0.2) is 25.6 Å². The largest absolute Gasteiger partial charge is 0.496 e. The Morgan fingerprint density at radius 3 is 2.75 bits per heavy atom. The van der Waals surface area contributed by atoms with Crippen molar-refractivity contribution >= 4 is 21.7 Å². The number of methoxy groups -OCH3 is 1. The number of hydrogen-bond acceptors (Lipinski definition) is 3.